The molecule has 6 nitrogen and oxygen atoms in total. The van der Waals surface area contributed by atoms with Gasteiger partial charge in [0.2, 0.25) is 0 Å². The predicted molar refractivity (Wildman–Crippen MR) is 70.2 cm³/mol. The van der Waals surface area contributed by atoms with Crippen molar-refractivity contribution in [1.82, 2.24) is 15.1 Å². The lowest BCUT2D eigenvalue weighted by Gasteiger charge is -2.07. The van der Waals surface area contributed by atoms with Crippen molar-refractivity contribution in [1.29, 1.82) is 0 Å². The number of aliphatic hydroxyl groups excluding tert-OH is 1. The molecule has 0 spiro atoms. The number of anilines is 1. The van der Waals surface area contributed by atoms with E-state index in [1.165, 1.54) is 4.68 Å². The summed E-state index contributed by atoms with van der Waals surface area (Å²) >= 11 is 0. The van der Waals surface area contributed by atoms with E-state index < -0.39 is 0 Å². The fourth-order valence-corrected chi connectivity index (χ4v) is 1.81. The van der Waals surface area contributed by atoms with Crippen LogP contribution in [-0.2, 0) is 13.5 Å². The number of nitrogens with one attached hydrogen (secondary N) is 1. The van der Waals surface area contributed by atoms with Crippen LogP contribution < -0.4 is 11.1 Å². The minimum atomic E-state index is -0.338. The van der Waals surface area contributed by atoms with E-state index >= 15 is 0 Å². The average molecular weight is 254 g/mol. The maximum atomic E-state index is 11.9. The Morgan fingerprint density at radius 2 is 2.28 bits per heavy atom. The van der Waals surface area contributed by atoms with Crippen LogP contribution in [0.5, 0.6) is 0 Å². The molecule has 0 aliphatic carbocycles. The summed E-state index contributed by atoms with van der Waals surface area (Å²) in [7, 11) is 1.71. The largest absolute Gasteiger partial charge is 0.395 e. The fourth-order valence-electron chi connectivity index (χ4n) is 1.81. The SMILES string of the molecule is CCc1nn(C)c(C(=O)NCCCC(C)O)c1N. The Balaban J connectivity index is 2.59. The highest BCUT2D eigenvalue weighted by molar-refractivity contribution is 5.97. The summed E-state index contributed by atoms with van der Waals surface area (Å²) in [6, 6.07) is 0. The number of aromatic nitrogens is 2. The van der Waals surface area contributed by atoms with Gasteiger partial charge in [0.15, 0.2) is 0 Å². The Bertz CT molecular complexity index is 412. The summed E-state index contributed by atoms with van der Waals surface area (Å²) in [4.78, 5) is 11.9. The lowest BCUT2D eigenvalue weighted by atomic mass is 10.2. The van der Waals surface area contributed by atoms with Gasteiger partial charge in [-0.25, -0.2) is 0 Å². The van der Waals surface area contributed by atoms with Crippen LogP contribution in [0, 0.1) is 0 Å². The molecule has 1 unspecified atom stereocenters. The molecule has 18 heavy (non-hydrogen) atoms. The summed E-state index contributed by atoms with van der Waals surface area (Å²) in [5.41, 5.74) is 7.48. The van der Waals surface area contributed by atoms with Crippen LogP contribution in [0.1, 0.15) is 42.9 Å². The maximum absolute atomic E-state index is 11.9. The third-order valence-corrected chi connectivity index (χ3v) is 2.79. The molecule has 1 amide bonds. The Hall–Kier alpha value is -1.56. The first-order valence-electron chi connectivity index (χ1n) is 6.25. The molecule has 4 N–H and O–H groups in total. The number of carbonyl (C=O) groups is 1. The van der Waals surface area contributed by atoms with E-state index in [1.54, 1.807) is 14.0 Å². The number of nitrogens with zero attached hydrogens (tertiary/aromatic N) is 2. The van der Waals surface area contributed by atoms with E-state index in [0.29, 0.717) is 30.8 Å². The van der Waals surface area contributed by atoms with Gasteiger partial charge in [-0.05, 0) is 26.2 Å². The van der Waals surface area contributed by atoms with E-state index in [4.69, 9.17) is 10.8 Å². The monoisotopic (exact) mass is 254 g/mol. The summed E-state index contributed by atoms with van der Waals surface area (Å²) < 4.78 is 1.51. The van der Waals surface area contributed by atoms with E-state index in [9.17, 15) is 4.79 Å². The number of amides is 1. The van der Waals surface area contributed by atoms with Gasteiger partial charge in [-0.1, -0.05) is 6.92 Å². The van der Waals surface area contributed by atoms with Crippen molar-refractivity contribution >= 4 is 11.6 Å². The van der Waals surface area contributed by atoms with Gasteiger partial charge in [0, 0.05) is 13.6 Å². The Morgan fingerprint density at radius 3 is 2.78 bits per heavy atom. The first kappa shape index (κ1) is 14.5. The van der Waals surface area contributed by atoms with Gasteiger partial charge in [-0.15, -0.1) is 0 Å². The van der Waals surface area contributed by atoms with E-state index in [-0.39, 0.29) is 12.0 Å². The van der Waals surface area contributed by atoms with E-state index in [0.717, 1.165) is 12.1 Å². The van der Waals surface area contributed by atoms with Crippen LogP contribution >= 0.6 is 0 Å². The molecule has 0 fully saturated rings. The normalized spacial score (nSPS) is 12.4. The van der Waals surface area contributed by atoms with Crippen LogP contribution in [0.2, 0.25) is 0 Å². The summed E-state index contributed by atoms with van der Waals surface area (Å²) in [6.07, 6.45) is 1.77. The molecular formula is C12H22N4O2. The molecule has 1 rings (SSSR count). The minimum absolute atomic E-state index is 0.215. The molecule has 1 aromatic heterocycles. The van der Waals surface area contributed by atoms with Crippen LogP contribution in [0.25, 0.3) is 0 Å². The van der Waals surface area contributed by atoms with Gasteiger partial charge in [-0.2, -0.15) is 5.10 Å². The lowest BCUT2D eigenvalue weighted by molar-refractivity contribution is 0.0941. The second-order valence-corrected chi connectivity index (χ2v) is 4.43. The molecule has 102 valence electrons. The number of hydrogen-bond acceptors (Lipinski definition) is 4. The molecule has 0 saturated carbocycles. The van der Waals surface area contributed by atoms with Crippen LogP contribution in [-0.4, -0.2) is 33.4 Å². The standard InChI is InChI=1S/C12H22N4O2/c1-4-9-10(13)11(16(3)15-9)12(18)14-7-5-6-8(2)17/h8,17H,4-7,13H2,1-3H3,(H,14,18). The van der Waals surface area contributed by atoms with Crippen molar-refractivity contribution in [3.63, 3.8) is 0 Å². The highest BCUT2D eigenvalue weighted by Crippen LogP contribution is 2.16. The zero-order chi connectivity index (χ0) is 13.7. The van der Waals surface area contributed by atoms with Gasteiger partial charge in [0.1, 0.15) is 5.69 Å². The third-order valence-electron chi connectivity index (χ3n) is 2.79. The minimum Gasteiger partial charge on any atom is -0.395 e. The Kier molecular flexibility index (Phi) is 5.15. The first-order valence-corrected chi connectivity index (χ1v) is 6.25. The van der Waals surface area contributed by atoms with E-state index in [1.807, 2.05) is 6.92 Å². The van der Waals surface area contributed by atoms with Gasteiger partial charge in [-0.3, -0.25) is 9.48 Å². The van der Waals surface area contributed by atoms with Crippen molar-refractivity contribution in [2.24, 2.45) is 7.05 Å². The number of carbonyl (C=O) groups excluding carboxylic acids is 1. The number of nitrogen functional groups attached to an aromatic ring is 1. The second-order valence-electron chi connectivity index (χ2n) is 4.43. The molecule has 1 heterocycles. The Labute approximate surface area is 107 Å². The van der Waals surface area contributed by atoms with Crippen molar-refractivity contribution in [3.05, 3.63) is 11.4 Å². The van der Waals surface area contributed by atoms with Crippen molar-refractivity contribution < 1.29 is 9.90 Å². The zero-order valence-electron chi connectivity index (χ0n) is 11.2. The highest BCUT2D eigenvalue weighted by atomic mass is 16.3. The van der Waals surface area contributed by atoms with Gasteiger partial charge in [0.25, 0.3) is 5.91 Å². The van der Waals surface area contributed by atoms with Crippen molar-refractivity contribution in [3.8, 4) is 0 Å². The molecule has 0 aliphatic heterocycles. The lowest BCUT2D eigenvalue weighted by Crippen LogP contribution is -2.27. The van der Waals surface area contributed by atoms with Crippen molar-refractivity contribution in [2.75, 3.05) is 12.3 Å². The maximum Gasteiger partial charge on any atom is 0.271 e. The zero-order valence-corrected chi connectivity index (χ0v) is 11.2. The van der Waals surface area contributed by atoms with Gasteiger partial charge in [0.05, 0.1) is 17.5 Å². The number of aryl methyl sites for hydroxylation is 2. The van der Waals surface area contributed by atoms with Crippen LogP contribution in [0.4, 0.5) is 5.69 Å². The topological polar surface area (TPSA) is 93.2 Å². The summed E-state index contributed by atoms with van der Waals surface area (Å²) in [5, 5.41) is 16.1. The van der Waals surface area contributed by atoms with Crippen LogP contribution in [0.3, 0.4) is 0 Å². The molecule has 0 aromatic carbocycles. The third kappa shape index (κ3) is 3.46. The average Bonchev–Trinajstić information content (AvgIpc) is 2.59. The molecule has 0 radical (unpaired) electrons. The number of aliphatic hydroxyl groups is 1. The predicted octanol–water partition coefficient (Wildman–Crippen LogP) is 0.456. The second kappa shape index (κ2) is 6.39. The molecule has 0 aliphatic rings. The summed E-state index contributed by atoms with van der Waals surface area (Å²) in [6.45, 7) is 4.20. The molecule has 1 atom stereocenters. The number of nitrogens with two attached hydrogens (primary N) is 1. The van der Waals surface area contributed by atoms with E-state index in [2.05, 4.69) is 10.4 Å². The van der Waals surface area contributed by atoms with Gasteiger partial charge < -0.3 is 16.2 Å². The molecular weight excluding hydrogens is 232 g/mol. The smallest absolute Gasteiger partial charge is 0.271 e. The molecule has 1 aromatic rings. The first-order chi connectivity index (χ1) is 8.47. The molecule has 6 heteroatoms. The number of hydrogen-bond donors (Lipinski definition) is 3. The Morgan fingerprint density at radius 1 is 1.61 bits per heavy atom. The summed E-state index contributed by atoms with van der Waals surface area (Å²) in [5.74, 6) is -0.215. The quantitative estimate of drug-likeness (QED) is 0.643. The molecule has 0 saturated heterocycles. The molecule has 0 bridgehead atoms. The number of rotatable bonds is 6. The van der Waals surface area contributed by atoms with Crippen LogP contribution in [0.15, 0.2) is 0 Å². The van der Waals surface area contributed by atoms with Crippen molar-refractivity contribution in [2.45, 2.75) is 39.2 Å². The fraction of sp³-hybridized carbons (Fsp3) is 0.667. The highest BCUT2D eigenvalue weighted by Gasteiger charge is 2.18. The van der Waals surface area contributed by atoms with Gasteiger partial charge >= 0.3 is 0 Å².